The number of rotatable bonds is 17. The van der Waals surface area contributed by atoms with Crippen molar-refractivity contribution in [3.8, 4) is 0 Å². The number of unbranched alkanes of at least 4 members (excludes halogenated alkanes) is 5. The summed E-state index contributed by atoms with van der Waals surface area (Å²) in [5.41, 5.74) is 0. The number of carboxylic acid groups (broad SMARTS) is 1. The lowest BCUT2D eigenvalue weighted by Crippen LogP contribution is -2.52. The van der Waals surface area contributed by atoms with Crippen LogP contribution >= 0.6 is 0 Å². The number of hydrogen-bond acceptors (Lipinski definition) is 5. The highest BCUT2D eigenvalue weighted by Crippen LogP contribution is 2.27. The second-order valence-electron chi connectivity index (χ2n) is 10.4. The van der Waals surface area contributed by atoms with Gasteiger partial charge in [0.1, 0.15) is 6.10 Å². The summed E-state index contributed by atoms with van der Waals surface area (Å²) in [6.45, 7) is 17.4. The summed E-state index contributed by atoms with van der Waals surface area (Å²) < 4.78 is 18.8. The highest BCUT2D eigenvalue weighted by molar-refractivity contribution is 6.87. The van der Waals surface area contributed by atoms with Gasteiger partial charge in [-0.2, -0.15) is 0 Å². The topological polar surface area (TPSA) is 82.1 Å². The summed E-state index contributed by atoms with van der Waals surface area (Å²) in [6, 6.07) is 0.762. The molecule has 0 aromatic rings. The van der Waals surface area contributed by atoms with Gasteiger partial charge in [0, 0.05) is 12.2 Å². The van der Waals surface area contributed by atoms with Crippen molar-refractivity contribution in [2.45, 2.75) is 116 Å². The maximum Gasteiger partial charge on any atom is 0.331 e. The monoisotopic (exact) mass is 490 g/mol. The van der Waals surface area contributed by atoms with Crippen LogP contribution in [0, 0.1) is 0 Å². The van der Waals surface area contributed by atoms with Crippen molar-refractivity contribution in [2.75, 3.05) is 0 Å². The van der Waals surface area contributed by atoms with Crippen LogP contribution in [0.5, 0.6) is 0 Å². The Morgan fingerprint density at radius 1 is 0.806 bits per heavy atom. The third-order valence-electron chi connectivity index (χ3n) is 4.49. The molecule has 0 fully saturated rings. The maximum absolute atomic E-state index is 12.1. The van der Waals surface area contributed by atoms with Crippen LogP contribution in [0.15, 0.2) is 12.2 Å². The number of carbonyl (C=O) groups is 2. The molecule has 1 N–H and O–H groups in total. The third kappa shape index (κ3) is 18.5. The molecule has 0 spiro atoms. The number of carboxylic acids is 1. The molecule has 6 nitrogen and oxygen atoms in total. The van der Waals surface area contributed by atoms with Crippen molar-refractivity contribution in [2.24, 2.45) is 0 Å². The van der Waals surface area contributed by atoms with Gasteiger partial charge in [-0.25, -0.2) is 9.59 Å². The Labute approximate surface area is 193 Å². The predicted octanol–water partition coefficient (Wildman–Crippen LogP) is 6.45. The SMILES string of the molecule is CCCCCCCCC(CC[Si](C)(O[Si](C)(C)C)O[Si](C)(C)C)OC(=O)C=CC(=O)O. The van der Waals surface area contributed by atoms with E-state index in [9.17, 15) is 9.59 Å². The van der Waals surface area contributed by atoms with Crippen LogP contribution in [0.3, 0.4) is 0 Å². The van der Waals surface area contributed by atoms with Gasteiger partial charge in [0.25, 0.3) is 0 Å². The number of esters is 1. The molecule has 182 valence electrons. The second-order valence-corrected chi connectivity index (χ2v) is 23.2. The lowest BCUT2D eigenvalue weighted by atomic mass is 10.1. The first kappa shape index (κ1) is 30.3. The highest BCUT2D eigenvalue weighted by Gasteiger charge is 2.40. The van der Waals surface area contributed by atoms with Gasteiger partial charge < -0.3 is 18.1 Å². The molecule has 0 heterocycles. The zero-order chi connectivity index (χ0) is 24.1. The molecule has 1 atom stereocenters. The van der Waals surface area contributed by atoms with E-state index in [-0.39, 0.29) is 6.10 Å². The van der Waals surface area contributed by atoms with Crippen molar-refractivity contribution in [3.63, 3.8) is 0 Å². The van der Waals surface area contributed by atoms with Gasteiger partial charge in [-0.1, -0.05) is 39.0 Å². The Kier molecular flexibility index (Phi) is 14.1. The average molecular weight is 491 g/mol. The first-order chi connectivity index (χ1) is 14.2. The van der Waals surface area contributed by atoms with Gasteiger partial charge in [-0.15, -0.1) is 0 Å². The molecule has 9 heteroatoms. The van der Waals surface area contributed by atoms with Crippen molar-refractivity contribution >= 4 is 37.1 Å². The van der Waals surface area contributed by atoms with Crippen LogP contribution < -0.4 is 0 Å². The van der Waals surface area contributed by atoms with E-state index in [1.54, 1.807) is 0 Å². The summed E-state index contributed by atoms with van der Waals surface area (Å²) in [7, 11) is -6.00. The van der Waals surface area contributed by atoms with E-state index in [0.717, 1.165) is 37.5 Å². The van der Waals surface area contributed by atoms with Crippen LogP contribution in [-0.4, -0.2) is 48.3 Å². The van der Waals surface area contributed by atoms with E-state index in [1.165, 1.54) is 25.7 Å². The van der Waals surface area contributed by atoms with E-state index < -0.39 is 37.1 Å². The second kappa shape index (κ2) is 14.4. The maximum atomic E-state index is 12.1. The molecule has 0 saturated carbocycles. The van der Waals surface area contributed by atoms with E-state index >= 15 is 0 Å². The molecular formula is C22H46O6Si3. The summed E-state index contributed by atoms with van der Waals surface area (Å²) in [5, 5.41) is 8.75. The molecule has 0 aliphatic rings. The first-order valence-electron chi connectivity index (χ1n) is 11.7. The zero-order valence-corrected chi connectivity index (χ0v) is 24.1. The minimum Gasteiger partial charge on any atom is -0.478 e. The summed E-state index contributed by atoms with van der Waals surface area (Å²) >= 11 is 0. The number of aliphatic carboxylic acids is 1. The van der Waals surface area contributed by atoms with E-state index in [1.807, 2.05) is 0 Å². The van der Waals surface area contributed by atoms with Crippen LogP contribution in [0.4, 0.5) is 0 Å². The molecule has 31 heavy (non-hydrogen) atoms. The Hall–Kier alpha value is -0.749. The zero-order valence-electron chi connectivity index (χ0n) is 21.1. The number of hydrogen-bond donors (Lipinski definition) is 1. The Bertz CT molecular complexity index is 551. The van der Waals surface area contributed by atoms with E-state index in [2.05, 4.69) is 52.8 Å². The van der Waals surface area contributed by atoms with E-state index in [0.29, 0.717) is 6.42 Å². The smallest absolute Gasteiger partial charge is 0.331 e. The van der Waals surface area contributed by atoms with Crippen LogP contribution in [0.2, 0.25) is 51.9 Å². The molecule has 0 aromatic heterocycles. The number of ether oxygens (including phenoxy) is 1. The Morgan fingerprint density at radius 3 is 1.81 bits per heavy atom. The van der Waals surface area contributed by atoms with Crippen molar-refractivity contribution in [1.82, 2.24) is 0 Å². The molecule has 0 amide bonds. The fourth-order valence-electron chi connectivity index (χ4n) is 3.60. The van der Waals surface area contributed by atoms with Crippen molar-refractivity contribution < 1.29 is 27.7 Å². The van der Waals surface area contributed by atoms with Gasteiger partial charge in [-0.05, 0) is 71.1 Å². The fourth-order valence-corrected chi connectivity index (χ4v) is 16.2. The fraction of sp³-hybridized carbons (Fsp3) is 0.818. The average Bonchev–Trinajstić information content (AvgIpc) is 2.57. The van der Waals surface area contributed by atoms with E-state index in [4.69, 9.17) is 18.1 Å². The highest BCUT2D eigenvalue weighted by atomic mass is 28.5. The largest absolute Gasteiger partial charge is 0.478 e. The quantitative estimate of drug-likeness (QED) is 0.109. The predicted molar refractivity (Wildman–Crippen MR) is 135 cm³/mol. The first-order valence-corrected chi connectivity index (χ1v) is 21.0. The standard InChI is InChI=1S/C22H46O6Si3/c1-9-10-11-12-13-14-15-20(26-22(25)17-16-21(23)24)18-19-31(8,27-29(2,3)4)28-30(5,6)7/h16-17,20H,9-15,18-19H2,1-8H3,(H,23,24). The molecule has 1 unspecified atom stereocenters. The lowest BCUT2D eigenvalue weighted by molar-refractivity contribution is -0.144. The van der Waals surface area contributed by atoms with Gasteiger partial charge in [0.2, 0.25) is 0 Å². The van der Waals surface area contributed by atoms with Gasteiger partial charge >= 0.3 is 20.5 Å². The summed E-state index contributed by atoms with van der Waals surface area (Å²) in [4.78, 5) is 22.8. The lowest BCUT2D eigenvalue weighted by Gasteiger charge is -2.39. The molecule has 0 aromatic carbocycles. The Balaban J connectivity index is 5.11. The Morgan fingerprint density at radius 2 is 1.32 bits per heavy atom. The molecule has 0 rings (SSSR count). The van der Waals surface area contributed by atoms with Crippen LogP contribution in [-0.2, 0) is 22.6 Å². The van der Waals surface area contributed by atoms with Gasteiger partial charge in [0.05, 0.1) is 0 Å². The molecule has 0 aliphatic carbocycles. The molecule has 0 bridgehead atoms. The minimum atomic E-state index is -2.42. The van der Waals surface area contributed by atoms with Gasteiger partial charge in [-0.3, -0.25) is 0 Å². The molecule has 0 radical (unpaired) electrons. The number of carbonyl (C=O) groups excluding carboxylic acids is 1. The molecular weight excluding hydrogens is 444 g/mol. The van der Waals surface area contributed by atoms with Crippen LogP contribution in [0.25, 0.3) is 0 Å². The van der Waals surface area contributed by atoms with Gasteiger partial charge in [0.15, 0.2) is 16.6 Å². The normalized spacial score (nSPS) is 14.1. The summed E-state index contributed by atoms with van der Waals surface area (Å²) in [5.74, 6) is -1.75. The molecule has 0 saturated heterocycles. The molecule has 0 aliphatic heterocycles. The van der Waals surface area contributed by atoms with Crippen LogP contribution in [0.1, 0.15) is 58.3 Å². The third-order valence-corrected chi connectivity index (χ3v) is 14.0. The van der Waals surface area contributed by atoms with Crippen molar-refractivity contribution in [1.29, 1.82) is 0 Å². The minimum absolute atomic E-state index is 0.251. The summed E-state index contributed by atoms with van der Waals surface area (Å²) in [6.07, 6.45) is 10.0. The van der Waals surface area contributed by atoms with Crippen molar-refractivity contribution in [3.05, 3.63) is 12.2 Å².